The van der Waals surface area contributed by atoms with E-state index in [1.807, 2.05) is 31.2 Å². The van der Waals surface area contributed by atoms with Crippen LogP contribution in [0.15, 0.2) is 58.0 Å². The molecule has 0 amide bonds. The quantitative estimate of drug-likeness (QED) is 0.454. The maximum absolute atomic E-state index is 14.2. The molecule has 0 bridgehead atoms. The molecule has 8 heteroatoms. The molecule has 0 fully saturated rings. The smallest absolute Gasteiger partial charge is 0.223 e. The van der Waals surface area contributed by atoms with Crippen molar-refractivity contribution in [3.8, 4) is 5.75 Å². The second-order valence-electron chi connectivity index (χ2n) is 5.41. The van der Waals surface area contributed by atoms with Crippen LogP contribution in [0.1, 0.15) is 4.88 Å². The molecule has 0 aliphatic carbocycles. The highest BCUT2D eigenvalue weighted by atomic mass is 79.9. The number of rotatable bonds is 3. The van der Waals surface area contributed by atoms with Crippen LogP contribution >= 0.6 is 27.5 Å². The number of nitrogens with zero attached hydrogens (tertiary/aromatic N) is 2. The van der Waals surface area contributed by atoms with Crippen molar-refractivity contribution in [2.75, 3.05) is 12.4 Å². The van der Waals surface area contributed by atoms with E-state index in [4.69, 9.17) is 10.1 Å². The molecule has 0 saturated heterocycles. The fourth-order valence-corrected chi connectivity index (χ4v) is 3.35. The van der Waals surface area contributed by atoms with Crippen LogP contribution in [0.5, 0.6) is 5.75 Å². The molecule has 134 valence electrons. The number of nitrogens with one attached hydrogen (secondary N) is 2. The first-order valence-corrected chi connectivity index (χ1v) is 9.22. The number of anilines is 1. The van der Waals surface area contributed by atoms with Crippen LogP contribution in [0, 0.1) is 18.2 Å². The zero-order valence-corrected chi connectivity index (χ0v) is 16.5. The number of hydrogen-bond acceptors (Lipinski definition) is 4. The molecule has 0 atom stereocenters. The highest BCUT2D eigenvalue weighted by Crippen LogP contribution is 2.23. The van der Waals surface area contributed by atoms with Crippen molar-refractivity contribution < 1.29 is 9.13 Å². The Kier molecular flexibility index (Phi) is 5.53. The van der Waals surface area contributed by atoms with Gasteiger partial charge < -0.3 is 10.1 Å². The topological polar surface area (TPSA) is 62.4 Å². The molecule has 1 aromatic heterocycles. The normalized spacial score (nSPS) is 11.5. The van der Waals surface area contributed by atoms with Crippen molar-refractivity contribution in [2.24, 2.45) is 4.99 Å². The summed E-state index contributed by atoms with van der Waals surface area (Å²) in [6.07, 6.45) is 0. The van der Waals surface area contributed by atoms with Crippen molar-refractivity contribution in [1.82, 2.24) is 3.96 Å². The van der Waals surface area contributed by atoms with E-state index in [2.05, 4.69) is 26.2 Å². The monoisotopic (exact) mass is 434 g/mol. The number of methoxy groups -OCH3 is 1. The Morgan fingerprint density at radius 2 is 1.96 bits per heavy atom. The van der Waals surface area contributed by atoms with Crippen LogP contribution in [0.3, 0.4) is 0 Å². The van der Waals surface area contributed by atoms with Gasteiger partial charge in [0.05, 0.1) is 7.11 Å². The zero-order valence-electron chi connectivity index (χ0n) is 14.1. The molecule has 2 N–H and O–H groups in total. The van der Waals surface area contributed by atoms with E-state index >= 15 is 0 Å². The summed E-state index contributed by atoms with van der Waals surface area (Å²) in [5.41, 5.74) is 1.20. The fourth-order valence-electron chi connectivity index (χ4n) is 2.24. The molecule has 5 nitrogen and oxygen atoms in total. The van der Waals surface area contributed by atoms with E-state index in [-0.39, 0.29) is 11.2 Å². The first kappa shape index (κ1) is 18.3. The predicted molar refractivity (Wildman–Crippen MR) is 106 cm³/mol. The number of aryl methyl sites for hydroxylation is 1. The molecule has 0 radical (unpaired) electrons. The van der Waals surface area contributed by atoms with Gasteiger partial charge >= 0.3 is 0 Å². The zero-order chi connectivity index (χ0) is 18.7. The summed E-state index contributed by atoms with van der Waals surface area (Å²) < 4.78 is 21.6. The summed E-state index contributed by atoms with van der Waals surface area (Å²) in [4.78, 5) is 5.37. The number of benzene rings is 2. The molecule has 0 unspecified atom stereocenters. The van der Waals surface area contributed by atoms with E-state index in [1.165, 1.54) is 17.6 Å². The van der Waals surface area contributed by atoms with Crippen LogP contribution in [-0.4, -0.2) is 17.0 Å². The summed E-state index contributed by atoms with van der Waals surface area (Å²) in [6.45, 7) is 1.91. The van der Waals surface area contributed by atoms with Crippen LogP contribution in [0.2, 0.25) is 0 Å². The molecule has 3 rings (SSSR count). The average molecular weight is 435 g/mol. The Morgan fingerprint density at radius 3 is 2.54 bits per heavy atom. The van der Waals surface area contributed by atoms with Crippen LogP contribution in [0.4, 0.5) is 15.8 Å². The van der Waals surface area contributed by atoms with E-state index in [0.29, 0.717) is 10.4 Å². The Labute approximate surface area is 162 Å². The summed E-state index contributed by atoms with van der Waals surface area (Å²) in [5, 5.41) is 11.3. The van der Waals surface area contributed by atoms with Crippen molar-refractivity contribution >= 4 is 44.8 Å². The minimum absolute atomic E-state index is 0.183. The van der Waals surface area contributed by atoms with Crippen molar-refractivity contribution in [1.29, 1.82) is 5.41 Å². The Balaban J connectivity index is 2.05. The summed E-state index contributed by atoms with van der Waals surface area (Å²) in [5.74, 6) is 0.627. The molecule has 0 aliphatic rings. The van der Waals surface area contributed by atoms with Gasteiger partial charge in [-0.15, -0.1) is 0 Å². The molecule has 3 aromatic rings. The number of hydrogen-bond donors (Lipinski definition) is 2. The van der Waals surface area contributed by atoms with Gasteiger partial charge in [0, 0.05) is 15.0 Å². The number of halogens is 2. The molecule has 1 heterocycles. The van der Waals surface area contributed by atoms with Crippen molar-refractivity contribution in [2.45, 2.75) is 6.92 Å². The Bertz CT molecular complexity index is 1010. The molecule has 26 heavy (non-hydrogen) atoms. The van der Waals surface area contributed by atoms with Crippen molar-refractivity contribution in [3.63, 3.8) is 0 Å². The van der Waals surface area contributed by atoms with Gasteiger partial charge in [-0.1, -0.05) is 27.5 Å². The predicted octanol–water partition coefficient (Wildman–Crippen LogP) is 4.90. The lowest BCUT2D eigenvalue weighted by Crippen LogP contribution is -2.28. The minimum atomic E-state index is -0.450. The first-order chi connectivity index (χ1) is 12.5. The maximum Gasteiger partial charge on any atom is 0.223 e. The van der Waals surface area contributed by atoms with Gasteiger partial charge in [0.15, 0.2) is 0 Å². The van der Waals surface area contributed by atoms with Gasteiger partial charge in [-0.2, -0.15) is 0 Å². The second kappa shape index (κ2) is 7.84. The third-order valence-corrected chi connectivity index (χ3v) is 4.92. The second-order valence-corrected chi connectivity index (χ2v) is 7.52. The van der Waals surface area contributed by atoms with E-state index in [1.54, 1.807) is 29.3 Å². The Morgan fingerprint density at radius 1 is 1.23 bits per heavy atom. The largest absolute Gasteiger partial charge is 0.497 e. The maximum atomic E-state index is 14.2. The van der Waals surface area contributed by atoms with E-state index < -0.39 is 5.82 Å². The van der Waals surface area contributed by atoms with Gasteiger partial charge in [-0.25, -0.2) is 13.3 Å². The lowest BCUT2D eigenvalue weighted by atomic mass is 10.3. The third kappa shape index (κ3) is 4.20. The highest BCUT2D eigenvalue weighted by molar-refractivity contribution is 9.10. The molecule has 0 aliphatic heterocycles. The van der Waals surface area contributed by atoms with Gasteiger partial charge in [-0.05, 0) is 55.5 Å². The average Bonchev–Trinajstić information content (AvgIpc) is 2.95. The van der Waals surface area contributed by atoms with Crippen LogP contribution in [0.25, 0.3) is 0 Å². The molecule has 0 saturated carbocycles. The van der Waals surface area contributed by atoms with Crippen LogP contribution < -0.4 is 15.5 Å². The van der Waals surface area contributed by atoms with Crippen molar-refractivity contribution in [3.05, 3.63) is 69.2 Å². The SMILES string of the molecule is COc1ccc(NC(=Nc2ccc(Br)cc2F)n2sc(C)cc2=N)cc1. The Hall–Kier alpha value is -2.45. The fraction of sp³-hybridized carbons (Fsp3) is 0.111. The van der Waals surface area contributed by atoms with Crippen LogP contribution in [-0.2, 0) is 0 Å². The van der Waals surface area contributed by atoms with E-state index in [9.17, 15) is 4.39 Å². The van der Waals surface area contributed by atoms with Gasteiger partial charge in [-0.3, -0.25) is 5.41 Å². The molecular weight excluding hydrogens is 419 g/mol. The molecule has 2 aromatic carbocycles. The lowest BCUT2D eigenvalue weighted by molar-refractivity contribution is 0.415. The van der Waals surface area contributed by atoms with Gasteiger partial charge in [0.2, 0.25) is 5.96 Å². The summed E-state index contributed by atoms with van der Waals surface area (Å²) in [6, 6.07) is 13.7. The summed E-state index contributed by atoms with van der Waals surface area (Å²) >= 11 is 4.60. The molecular formula is C18H16BrFN4OS. The van der Waals surface area contributed by atoms with Gasteiger partial charge in [0.25, 0.3) is 0 Å². The summed E-state index contributed by atoms with van der Waals surface area (Å²) in [7, 11) is 1.60. The minimum Gasteiger partial charge on any atom is -0.497 e. The molecule has 0 spiro atoms. The van der Waals surface area contributed by atoms with E-state index in [0.717, 1.165) is 16.3 Å². The first-order valence-electron chi connectivity index (χ1n) is 7.66. The number of aliphatic imine (C=N–C) groups is 1. The highest BCUT2D eigenvalue weighted by Gasteiger charge is 2.10. The standard InChI is InChI=1S/C18H16BrFN4OS/c1-11-9-17(21)24(26-11)18(22-13-4-6-14(25-2)7-5-13)23-16-8-3-12(19)10-15(16)20/h3-10,21H,1-2H3,(H,22,23). The number of ether oxygens (including phenoxy) is 1. The van der Waals surface area contributed by atoms with Gasteiger partial charge in [0.1, 0.15) is 22.7 Å². The lowest BCUT2D eigenvalue weighted by Gasteiger charge is -2.11. The number of aromatic nitrogens is 1. The third-order valence-electron chi connectivity index (χ3n) is 3.47.